The summed E-state index contributed by atoms with van der Waals surface area (Å²) in [4.78, 5) is 20.0. The highest BCUT2D eigenvalue weighted by molar-refractivity contribution is 7.16. The maximum Gasteiger partial charge on any atom is 0.259 e. The molecule has 4 nitrogen and oxygen atoms in total. The number of carbonyl (C=O) groups is 1. The third-order valence-corrected chi connectivity index (χ3v) is 9.23. The van der Waals surface area contributed by atoms with E-state index >= 15 is 0 Å². The van der Waals surface area contributed by atoms with E-state index in [1.54, 1.807) is 11.3 Å². The molecule has 0 saturated heterocycles. The van der Waals surface area contributed by atoms with E-state index in [1.165, 1.54) is 21.5 Å². The molecule has 0 spiro atoms. The summed E-state index contributed by atoms with van der Waals surface area (Å²) in [6.45, 7) is 7.76. The van der Waals surface area contributed by atoms with Gasteiger partial charge in [0.15, 0.2) is 0 Å². The summed E-state index contributed by atoms with van der Waals surface area (Å²) < 4.78 is 2.28. The van der Waals surface area contributed by atoms with Gasteiger partial charge in [-0.3, -0.25) is 4.79 Å². The Hall–Kier alpha value is -3.96. The van der Waals surface area contributed by atoms with Gasteiger partial charge in [0.1, 0.15) is 5.00 Å². The summed E-state index contributed by atoms with van der Waals surface area (Å²) in [5.41, 5.74) is 6.44. The van der Waals surface area contributed by atoms with E-state index in [-0.39, 0.29) is 11.3 Å². The zero-order chi connectivity index (χ0) is 27.7. The average Bonchev–Trinajstić information content (AvgIpc) is 3.50. The van der Waals surface area contributed by atoms with Crippen molar-refractivity contribution < 1.29 is 4.79 Å². The Balaban J connectivity index is 1.38. The van der Waals surface area contributed by atoms with E-state index in [4.69, 9.17) is 4.99 Å². The molecule has 6 rings (SSSR count). The van der Waals surface area contributed by atoms with Crippen LogP contribution in [0.1, 0.15) is 59.1 Å². The van der Waals surface area contributed by atoms with Gasteiger partial charge < -0.3 is 9.88 Å². The van der Waals surface area contributed by atoms with E-state index in [0.717, 1.165) is 53.0 Å². The molecule has 0 unspecified atom stereocenters. The number of para-hydroxylation sites is 2. The van der Waals surface area contributed by atoms with Crippen molar-refractivity contribution in [3.63, 3.8) is 0 Å². The van der Waals surface area contributed by atoms with Gasteiger partial charge in [-0.1, -0.05) is 87.5 Å². The summed E-state index contributed by atoms with van der Waals surface area (Å²) in [5.74, 6) is 0.521. The Bertz CT molecular complexity index is 1670. The van der Waals surface area contributed by atoms with Gasteiger partial charge in [-0.2, -0.15) is 0 Å². The van der Waals surface area contributed by atoms with Crippen LogP contribution >= 0.6 is 11.3 Å². The summed E-state index contributed by atoms with van der Waals surface area (Å²) in [7, 11) is 0. The first kappa shape index (κ1) is 26.3. The molecule has 1 aliphatic carbocycles. The van der Waals surface area contributed by atoms with Crippen molar-refractivity contribution in [2.45, 2.75) is 46.6 Å². The Morgan fingerprint density at radius 2 is 1.70 bits per heavy atom. The minimum atomic E-state index is -0.0726. The lowest BCUT2D eigenvalue weighted by molar-refractivity contribution is 0.102. The third-order valence-electron chi connectivity index (χ3n) is 8.07. The molecule has 40 heavy (non-hydrogen) atoms. The number of thiophene rings is 1. The number of hydrogen-bond acceptors (Lipinski definition) is 3. The molecule has 0 bridgehead atoms. The van der Waals surface area contributed by atoms with Crippen LogP contribution < -0.4 is 5.32 Å². The van der Waals surface area contributed by atoms with E-state index in [2.05, 4.69) is 85.4 Å². The van der Waals surface area contributed by atoms with Crippen molar-refractivity contribution in [2.24, 2.45) is 16.3 Å². The molecular weight excluding hydrogens is 510 g/mol. The molecule has 1 amide bonds. The van der Waals surface area contributed by atoms with Crippen LogP contribution in [-0.4, -0.2) is 16.7 Å². The number of hydrogen-bond donors (Lipinski definition) is 1. The molecule has 5 aromatic rings. The van der Waals surface area contributed by atoms with Gasteiger partial charge in [-0.15, -0.1) is 11.3 Å². The Morgan fingerprint density at radius 3 is 2.45 bits per heavy atom. The Kier molecular flexibility index (Phi) is 7.16. The first-order valence-electron chi connectivity index (χ1n) is 14.0. The van der Waals surface area contributed by atoms with Gasteiger partial charge in [0.05, 0.1) is 5.56 Å². The second-order valence-corrected chi connectivity index (χ2v) is 12.9. The molecule has 1 atom stereocenters. The van der Waals surface area contributed by atoms with Gasteiger partial charge in [-0.25, -0.2) is 4.99 Å². The Morgan fingerprint density at radius 1 is 1.00 bits per heavy atom. The molecule has 0 radical (unpaired) electrons. The van der Waals surface area contributed by atoms with Gasteiger partial charge in [-0.05, 0) is 59.9 Å². The minimum Gasteiger partial charge on any atom is -0.342 e. The van der Waals surface area contributed by atoms with Crippen LogP contribution in [-0.2, 0) is 19.4 Å². The molecule has 0 aliphatic heterocycles. The summed E-state index contributed by atoms with van der Waals surface area (Å²) in [5, 5.41) is 5.08. The van der Waals surface area contributed by atoms with Gasteiger partial charge in [0.2, 0.25) is 0 Å². The van der Waals surface area contributed by atoms with Crippen LogP contribution in [0.2, 0.25) is 0 Å². The number of fused-ring (bicyclic) bond motifs is 2. The lowest BCUT2D eigenvalue weighted by atomic mass is 9.72. The van der Waals surface area contributed by atoms with Crippen LogP contribution in [0.3, 0.4) is 0 Å². The summed E-state index contributed by atoms with van der Waals surface area (Å²) in [6.07, 6.45) is 7.13. The number of rotatable bonds is 6. The lowest BCUT2D eigenvalue weighted by Gasteiger charge is -2.33. The number of anilines is 1. The number of nitrogens with one attached hydrogen (secondary N) is 1. The highest BCUT2D eigenvalue weighted by atomic mass is 32.1. The second kappa shape index (κ2) is 10.9. The fourth-order valence-electron chi connectivity index (χ4n) is 5.77. The lowest BCUT2D eigenvalue weighted by Crippen LogP contribution is -2.27. The Labute approximate surface area is 240 Å². The molecule has 3 aromatic carbocycles. The third kappa shape index (κ3) is 5.39. The molecule has 2 heterocycles. The highest BCUT2D eigenvalue weighted by Gasteiger charge is 2.33. The van der Waals surface area contributed by atoms with Crippen molar-refractivity contribution in [3.8, 4) is 0 Å². The SMILES string of the molecule is CC(C)(C)[C@H]1CCc2c(sc(N=Cc3cn(Cc4ccccc4)c4ccccc34)c2C(=O)Nc2ccccc2)C1. The standard InChI is InChI=1S/C35H35N3OS/c1-35(2,3)26-18-19-29-31(20-26)40-34(32(29)33(39)37-27-14-8-5-9-15-27)36-21-25-23-38(22-24-12-6-4-7-13-24)30-17-11-10-16-28(25)30/h4-17,21,23,26H,18-20,22H2,1-3H3,(H,37,39)/t26-/m0/s1. The fraction of sp³-hybridized carbons (Fsp3) is 0.257. The number of aliphatic imine (C=N–C) groups is 1. The predicted molar refractivity (Wildman–Crippen MR) is 168 cm³/mol. The van der Waals surface area contributed by atoms with Crippen molar-refractivity contribution in [1.82, 2.24) is 4.57 Å². The molecule has 2 aromatic heterocycles. The molecule has 0 saturated carbocycles. The molecule has 5 heteroatoms. The zero-order valence-corrected chi connectivity index (χ0v) is 24.2. The smallest absolute Gasteiger partial charge is 0.259 e. The number of nitrogens with zero attached hydrogens (tertiary/aromatic N) is 2. The van der Waals surface area contributed by atoms with Gasteiger partial charge >= 0.3 is 0 Å². The zero-order valence-electron chi connectivity index (χ0n) is 23.4. The molecule has 0 fully saturated rings. The van der Waals surface area contributed by atoms with Crippen LogP contribution in [0.5, 0.6) is 0 Å². The van der Waals surface area contributed by atoms with E-state index in [1.807, 2.05) is 42.6 Å². The topological polar surface area (TPSA) is 46.4 Å². The van der Waals surface area contributed by atoms with E-state index in [0.29, 0.717) is 5.92 Å². The van der Waals surface area contributed by atoms with Crippen LogP contribution in [0.15, 0.2) is 96.1 Å². The van der Waals surface area contributed by atoms with Crippen molar-refractivity contribution >= 4 is 45.0 Å². The van der Waals surface area contributed by atoms with Crippen molar-refractivity contribution in [1.29, 1.82) is 0 Å². The highest BCUT2D eigenvalue weighted by Crippen LogP contribution is 2.45. The number of carbonyl (C=O) groups excluding carboxylic acids is 1. The summed E-state index contributed by atoms with van der Waals surface area (Å²) >= 11 is 1.69. The van der Waals surface area contributed by atoms with Crippen LogP contribution in [0.4, 0.5) is 10.7 Å². The normalized spacial score (nSPS) is 15.4. The molecular formula is C35H35N3OS. The van der Waals surface area contributed by atoms with Crippen LogP contribution in [0.25, 0.3) is 10.9 Å². The average molecular weight is 546 g/mol. The number of aromatic nitrogens is 1. The van der Waals surface area contributed by atoms with Crippen LogP contribution in [0, 0.1) is 11.3 Å². The number of benzene rings is 3. The monoisotopic (exact) mass is 545 g/mol. The predicted octanol–water partition coefficient (Wildman–Crippen LogP) is 8.91. The number of amides is 1. The second-order valence-electron chi connectivity index (χ2n) is 11.8. The largest absolute Gasteiger partial charge is 0.342 e. The van der Waals surface area contributed by atoms with Crippen molar-refractivity contribution in [3.05, 3.63) is 118 Å². The summed E-state index contributed by atoms with van der Waals surface area (Å²) in [6, 6.07) is 28.7. The van der Waals surface area contributed by atoms with Gasteiger partial charge in [0, 0.05) is 46.0 Å². The minimum absolute atomic E-state index is 0.0726. The first-order chi connectivity index (χ1) is 19.4. The molecule has 1 aliphatic rings. The molecule has 202 valence electrons. The van der Waals surface area contributed by atoms with E-state index < -0.39 is 0 Å². The first-order valence-corrected chi connectivity index (χ1v) is 14.9. The maximum atomic E-state index is 13.7. The quantitative estimate of drug-likeness (QED) is 0.213. The van der Waals surface area contributed by atoms with Crippen molar-refractivity contribution in [2.75, 3.05) is 5.32 Å². The van der Waals surface area contributed by atoms with E-state index in [9.17, 15) is 4.79 Å². The maximum absolute atomic E-state index is 13.7. The fourth-order valence-corrected chi connectivity index (χ4v) is 7.04. The van der Waals surface area contributed by atoms with Gasteiger partial charge in [0.25, 0.3) is 5.91 Å². The molecule has 1 N–H and O–H groups in total.